The van der Waals surface area contributed by atoms with Gasteiger partial charge in [0, 0.05) is 11.8 Å². The van der Waals surface area contributed by atoms with E-state index in [1.807, 2.05) is 5.38 Å². The number of aryl methyl sites for hydroxylation is 1. The van der Waals surface area contributed by atoms with Crippen LogP contribution in [-0.2, 0) is 11.2 Å². The topological polar surface area (TPSA) is 88.5 Å². The van der Waals surface area contributed by atoms with Crippen LogP contribution in [0.4, 0.5) is 5.13 Å². The molecule has 2 aromatic rings. The second-order valence-corrected chi connectivity index (χ2v) is 5.94. The minimum absolute atomic E-state index is 0.117. The van der Waals surface area contributed by atoms with Gasteiger partial charge in [0.2, 0.25) is 0 Å². The number of amides is 1. The van der Waals surface area contributed by atoms with Gasteiger partial charge in [0.05, 0.1) is 12.8 Å². The molecule has 0 spiro atoms. The number of aliphatic carboxylic acids is 1. The smallest absolute Gasteiger partial charge is 0.303 e. The maximum Gasteiger partial charge on any atom is 0.303 e. The van der Waals surface area contributed by atoms with Crippen molar-refractivity contribution >= 4 is 39.7 Å². The first-order valence-electron chi connectivity index (χ1n) is 6.19. The van der Waals surface area contributed by atoms with Crippen molar-refractivity contribution in [3.63, 3.8) is 0 Å². The predicted molar refractivity (Wildman–Crippen MR) is 81.5 cm³/mol. The number of thiophene rings is 1. The number of nitrogens with one attached hydrogen (secondary N) is 1. The Kier molecular flexibility index (Phi) is 5.29. The summed E-state index contributed by atoms with van der Waals surface area (Å²) < 4.78 is 5.10. The monoisotopic (exact) mass is 326 g/mol. The molecule has 0 aliphatic rings. The summed E-state index contributed by atoms with van der Waals surface area (Å²) in [5, 5.41) is 15.4. The van der Waals surface area contributed by atoms with E-state index in [1.54, 1.807) is 11.4 Å². The van der Waals surface area contributed by atoms with Gasteiger partial charge in [0.1, 0.15) is 10.6 Å². The molecule has 112 valence electrons. The van der Waals surface area contributed by atoms with Crippen LogP contribution in [0, 0.1) is 0 Å². The van der Waals surface area contributed by atoms with Gasteiger partial charge in [-0.1, -0.05) is 0 Å². The molecule has 1 amide bonds. The molecule has 0 atom stereocenters. The Morgan fingerprint density at radius 3 is 2.95 bits per heavy atom. The van der Waals surface area contributed by atoms with E-state index in [-0.39, 0.29) is 12.3 Å². The molecule has 0 radical (unpaired) electrons. The number of thiazole rings is 1. The van der Waals surface area contributed by atoms with Crippen LogP contribution < -0.4 is 10.1 Å². The highest BCUT2D eigenvalue weighted by Crippen LogP contribution is 2.26. The maximum absolute atomic E-state index is 12.1. The average molecular weight is 326 g/mol. The molecule has 0 aliphatic carbocycles. The molecule has 2 heterocycles. The van der Waals surface area contributed by atoms with Crippen molar-refractivity contribution in [2.45, 2.75) is 19.3 Å². The summed E-state index contributed by atoms with van der Waals surface area (Å²) in [4.78, 5) is 27.3. The molecule has 0 unspecified atom stereocenters. The molecule has 2 rings (SSSR count). The second-order valence-electron chi connectivity index (χ2n) is 4.16. The molecule has 2 aromatic heterocycles. The fraction of sp³-hybridized carbons (Fsp3) is 0.308. The maximum atomic E-state index is 12.1. The molecule has 0 saturated carbocycles. The van der Waals surface area contributed by atoms with Crippen molar-refractivity contribution < 1.29 is 19.4 Å². The highest BCUT2D eigenvalue weighted by molar-refractivity contribution is 7.14. The van der Waals surface area contributed by atoms with Crippen LogP contribution in [0.15, 0.2) is 16.8 Å². The lowest BCUT2D eigenvalue weighted by Crippen LogP contribution is -2.11. The highest BCUT2D eigenvalue weighted by Gasteiger charge is 2.15. The molecule has 8 heteroatoms. The Morgan fingerprint density at radius 1 is 1.43 bits per heavy atom. The van der Waals surface area contributed by atoms with Gasteiger partial charge in [-0.3, -0.25) is 14.9 Å². The van der Waals surface area contributed by atoms with Gasteiger partial charge in [-0.2, -0.15) is 0 Å². The van der Waals surface area contributed by atoms with Gasteiger partial charge in [0.15, 0.2) is 5.13 Å². The van der Waals surface area contributed by atoms with Gasteiger partial charge >= 0.3 is 5.97 Å². The van der Waals surface area contributed by atoms with E-state index in [2.05, 4.69) is 10.3 Å². The third kappa shape index (κ3) is 4.27. The minimum Gasteiger partial charge on any atom is -0.495 e. The summed E-state index contributed by atoms with van der Waals surface area (Å²) in [6.07, 6.45) is 1.23. The lowest BCUT2D eigenvalue weighted by atomic mass is 10.2. The second kappa shape index (κ2) is 7.19. The summed E-state index contributed by atoms with van der Waals surface area (Å²) in [7, 11) is 1.52. The molecule has 0 aromatic carbocycles. The number of carboxylic acids is 1. The van der Waals surface area contributed by atoms with Crippen LogP contribution in [0.25, 0.3) is 0 Å². The summed E-state index contributed by atoms with van der Waals surface area (Å²) >= 11 is 2.62. The van der Waals surface area contributed by atoms with Gasteiger partial charge in [-0.15, -0.1) is 22.7 Å². The molecule has 0 bridgehead atoms. The van der Waals surface area contributed by atoms with E-state index in [9.17, 15) is 9.59 Å². The van der Waals surface area contributed by atoms with Gasteiger partial charge < -0.3 is 9.84 Å². The van der Waals surface area contributed by atoms with E-state index in [1.165, 1.54) is 29.8 Å². The van der Waals surface area contributed by atoms with Crippen LogP contribution in [0.2, 0.25) is 0 Å². The average Bonchev–Trinajstić information content (AvgIpc) is 3.07. The standard InChI is InChI=1S/C13H14N2O4S2/c1-19-9-5-6-20-11(9)12(18)15-13-14-8(7-21-13)3-2-4-10(16)17/h5-7H,2-4H2,1H3,(H,16,17)(H,14,15,18). The van der Waals surface area contributed by atoms with Crippen LogP contribution in [0.3, 0.4) is 0 Å². The quantitative estimate of drug-likeness (QED) is 0.817. The Hall–Kier alpha value is -1.93. The van der Waals surface area contributed by atoms with E-state index in [4.69, 9.17) is 9.84 Å². The van der Waals surface area contributed by atoms with Crippen molar-refractivity contribution in [2.24, 2.45) is 0 Å². The fourth-order valence-corrected chi connectivity index (χ4v) is 3.17. The van der Waals surface area contributed by atoms with Crippen molar-refractivity contribution in [2.75, 3.05) is 12.4 Å². The number of carbonyl (C=O) groups excluding carboxylic acids is 1. The number of methoxy groups -OCH3 is 1. The Balaban J connectivity index is 1.93. The van der Waals surface area contributed by atoms with Gasteiger partial charge in [0.25, 0.3) is 5.91 Å². The van der Waals surface area contributed by atoms with E-state index < -0.39 is 5.97 Å². The zero-order valence-electron chi connectivity index (χ0n) is 11.3. The Morgan fingerprint density at radius 2 is 2.24 bits per heavy atom. The molecule has 2 N–H and O–H groups in total. The lowest BCUT2D eigenvalue weighted by Gasteiger charge is -2.02. The predicted octanol–water partition coefficient (Wildman–Crippen LogP) is 2.87. The van der Waals surface area contributed by atoms with Crippen LogP contribution in [0.5, 0.6) is 5.75 Å². The zero-order chi connectivity index (χ0) is 15.2. The molecule has 6 nitrogen and oxygen atoms in total. The minimum atomic E-state index is -0.816. The largest absolute Gasteiger partial charge is 0.495 e. The Labute approximate surface area is 129 Å². The van der Waals surface area contributed by atoms with E-state index >= 15 is 0 Å². The fourth-order valence-electron chi connectivity index (χ4n) is 1.68. The number of carboxylic acid groups (broad SMARTS) is 1. The number of nitrogens with zero attached hydrogens (tertiary/aromatic N) is 1. The summed E-state index contributed by atoms with van der Waals surface area (Å²) in [6.45, 7) is 0. The molecular weight excluding hydrogens is 312 g/mol. The number of carbonyl (C=O) groups is 2. The number of anilines is 1. The summed E-state index contributed by atoms with van der Waals surface area (Å²) in [5.74, 6) is -0.535. The van der Waals surface area contributed by atoms with Crippen molar-refractivity contribution in [3.8, 4) is 5.75 Å². The highest BCUT2D eigenvalue weighted by atomic mass is 32.1. The third-order valence-electron chi connectivity index (χ3n) is 2.65. The zero-order valence-corrected chi connectivity index (χ0v) is 12.9. The van der Waals surface area contributed by atoms with Gasteiger partial charge in [-0.05, 0) is 24.3 Å². The van der Waals surface area contributed by atoms with Crippen LogP contribution in [-0.4, -0.2) is 29.1 Å². The normalized spacial score (nSPS) is 10.3. The first kappa shape index (κ1) is 15.5. The van der Waals surface area contributed by atoms with Crippen molar-refractivity contribution in [3.05, 3.63) is 27.4 Å². The molecule has 0 saturated heterocycles. The first-order valence-corrected chi connectivity index (χ1v) is 7.95. The van der Waals surface area contributed by atoms with Gasteiger partial charge in [-0.25, -0.2) is 4.98 Å². The van der Waals surface area contributed by atoms with E-state index in [0.717, 1.165) is 5.69 Å². The van der Waals surface area contributed by atoms with Crippen molar-refractivity contribution in [1.29, 1.82) is 0 Å². The van der Waals surface area contributed by atoms with E-state index in [0.29, 0.717) is 28.6 Å². The number of hydrogen-bond donors (Lipinski definition) is 2. The molecular formula is C13H14N2O4S2. The third-order valence-corrected chi connectivity index (χ3v) is 4.35. The lowest BCUT2D eigenvalue weighted by molar-refractivity contribution is -0.137. The Bertz CT molecular complexity index is 636. The first-order chi connectivity index (χ1) is 10.1. The molecule has 0 aliphatic heterocycles. The number of aromatic nitrogens is 1. The number of ether oxygens (including phenoxy) is 1. The van der Waals surface area contributed by atoms with Crippen LogP contribution in [0.1, 0.15) is 28.2 Å². The number of hydrogen-bond acceptors (Lipinski definition) is 6. The van der Waals surface area contributed by atoms with Crippen LogP contribution >= 0.6 is 22.7 Å². The van der Waals surface area contributed by atoms with Crippen molar-refractivity contribution in [1.82, 2.24) is 4.98 Å². The molecule has 0 fully saturated rings. The summed E-state index contributed by atoms with van der Waals surface area (Å²) in [5.41, 5.74) is 0.787. The SMILES string of the molecule is COc1ccsc1C(=O)Nc1nc(CCCC(=O)O)cs1. The molecule has 21 heavy (non-hydrogen) atoms. The summed E-state index contributed by atoms with van der Waals surface area (Å²) in [6, 6.07) is 1.73. The number of rotatable bonds is 7.